The second-order valence-corrected chi connectivity index (χ2v) is 9.53. The summed E-state index contributed by atoms with van der Waals surface area (Å²) in [7, 11) is 0. The number of hydrogen-bond acceptors (Lipinski definition) is 8. The summed E-state index contributed by atoms with van der Waals surface area (Å²) in [6, 6.07) is 0. The molecule has 0 radical (unpaired) electrons. The molecule has 158 valence electrons. The van der Waals surface area contributed by atoms with E-state index in [0.29, 0.717) is 25.7 Å². The Kier molecular flexibility index (Phi) is 6.28. The number of aliphatic hydroxyl groups excluding tert-OH is 1. The third-order valence-electron chi connectivity index (χ3n) is 6.66. The Balaban J connectivity index is 2.04. The first-order valence-electron chi connectivity index (χ1n) is 9.78. The van der Waals surface area contributed by atoms with E-state index in [9.17, 15) is 24.8 Å². The minimum atomic E-state index is -1.43. The zero-order valence-corrected chi connectivity index (χ0v) is 17.4. The van der Waals surface area contributed by atoms with Crippen molar-refractivity contribution in [1.82, 2.24) is 0 Å². The predicted molar refractivity (Wildman–Crippen MR) is 105 cm³/mol. The van der Waals surface area contributed by atoms with Crippen LogP contribution in [0.3, 0.4) is 0 Å². The number of carbonyl (C=O) groups excluding carboxylic acids is 1. The smallest absolute Gasteiger partial charge is 0.186 e. The van der Waals surface area contributed by atoms with E-state index < -0.39 is 28.4 Å². The van der Waals surface area contributed by atoms with Gasteiger partial charge >= 0.3 is 0 Å². The van der Waals surface area contributed by atoms with Gasteiger partial charge in [0.1, 0.15) is 5.60 Å². The Hall–Kier alpha value is -1.51. The largest absolute Gasteiger partial charge is 0.390 e. The molecule has 8 nitrogen and oxygen atoms in total. The van der Waals surface area contributed by atoms with E-state index in [1.165, 1.54) is 13.0 Å². The van der Waals surface area contributed by atoms with Crippen LogP contribution in [0.15, 0.2) is 22.0 Å². The summed E-state index contributed by atoms with van der Waals surface area (Å²) in [5.74, 6) is -0.455. The maximum Gasteiger partial charge on any atom is 0.186 e. The lowest BCUT2D eigenvalue weighted by molar-refractivity contribution is -0.171. The molecule has 2 N–H and O–H groups in total. The summed E-state index contributed by atoms with van der Waals surface area (Å²) in [6.07, 6.45) is 2.30. The number of nitrogens with zero attached hydrogens (tertiary/aromatic N) is 2. The summed E-state index contributed by atoms with van der Waals surface area (Å²) >= 11 is 0. The molecule has 0 amide bonds. The Morgan fingerprint density at radius 2 is 1.89 bits per heavy atom. The molecule has 1 saturated carbocycles. The van der Waals surface area contributed by atoms with Crippen molar-refractivity contribution < 1.29 is 19.7 Å². The second kappa shape index (κ2) is 7.72. The van der Waals surface area contributed by atoms with Crippen molar-refractivity contribution in [1.29, 1.82) is 0 Å². The molecule has 0 bridgehead atoms. The highest BCUT2D eigenvalue weighted by Crippen LogP contribution is 2.41. The van der Waals surface area contributed by atoms with E-state index in [-0.39, 0.29) is 24.7 Å². The van der Waals surface area contributed by atoms with Crippen molar-refractivity contribution in [2.24, 2.45) is 16.3 Å². The standard InChI is InChI=1S/C20H32N2O6/c1-17(2,21-26)13-7-9-20(25,16(24)10-13)12-28-18(3,4)14-6-8-19(5,22-27)15(23)11-14/h11,13,16,24-25H,6-10,12H2,1-5H3. The summed E-state index contributed by atoms with van der Waals surface area (Å²) < 4.78 is 5.95. The molecule has 2 rings (SSSR count). The monoisotopic (exact) mass is 396 g/mol. The van der Waals surface area contributed by atoms with Crippen LogP contribution in [-0.4, -0.2) is 51.0 Å². The number of carbonyl (C=O) groups is 1. The van der Waals surface area contributed by atoms with Gasteiger partial charge in [-0.2, -0.15) is 4.91 Å². The molecule has 0 spiro atoms. The summed E-state index contributed by atoms with van der Waals surface area (Å²) in [4.78, 5) is 34.2. The van der Waals surface area contributed by atoms with Crippen molar-refractivity contribution in [2.75, 3.05) is 6.61 Å². The van der Waals surface area contributed by atoms with Crippen LogP contribution in [0.25, 0.3) is 0 Å². The molecule has 2 aliphatic rings. The van der Waals surface area contributed by atoms with Gasteiger partial charge in [0.05, 0.1) is 23.9 Å². The van der Waals surface area contributed by atoms with E-state index in [0.717, 1.165) is 5.57 Å². The normalized spacial score (nSPS) is 34.7. The van der Waals surface area contributed by atoms with E-state index in [4.69, 9.17) is 4.74 Å². The lowest BCUT2D eigenvalue weighted by Crippen LogP contribution is -2.54. The highest BCUT2D eigenvalue weighted by molar-refractivity contribution is 5.99. The first kappa shape index (κ1) is 22.8. The molecule has 8 heteroatoms. The van der Waals surface area contributed by atoms with Gasteiger partial charge in [0.25, 0.3) is 0 Å². The van der Waals surface area contributed by atoms with E-state index in [2.05, 4.69) is 10.4 Å². The molecular formula is C20H32N2O6. The molecule has 0 saturated heterocycles. The summed E-state index contributed by atoms with van der Waals surface area (Å²) in [5, 5.41) is 27.5. The van der Waals surface area contributed by atoms with Gasteiger partial charge in [0, 0.05) is 0 Å². The van der Waals surface area contributed by atoms with Crippen molar-refractivity contribution in [2.45, 2.75) is 95.1 Å². The molecule has 0 aliphatic heterocycles. The molecule has 0 aromatic carbocycles. The van der Waals surface area contributed by atoms with Crippen LogP contribution in [0, 0.1) is 15.7 Å². The lowest BCUT2D eigenvalue weighted by Gasteiger charge is -2.44. The fourth-order valence-corrected chi connectivity index (χ4v) is 3.93. The van der Waals surface area contributed by atoms with Crippen LogP contribution in [0.5, 0.6) is 0 Å². The Labute approximate surface area is 165 Å². The van der Waals surface area contributed by atoms with Gasteiger partial charge in [-0.05, 0) is 84.3 Å². The van der Waals surface area contributed by atoms with Crippen molar-refractivity contribution >= 4 is 5.78 Å². The van der Waals surface area contributed by atoms with E-state index in [1.807, 2.05) is 0 Å². The quantitative estimate of drug-likeness (QED) is 0.637. The molecule has 2 aliphatic carbocycles. The molecule has 4 unspecified atom stereocenters. The van der Waals surface area contributed by atoms with Crippen LogP contribution >= 0.6 is 0 Å². The van der Waals surface area contributed by atoms with Gasteiger partial charge in [-0.15, -0.1) is 4.91 Å². The Morgan fingerprint density at radius 1 is 1.25 bits per heavy atom. The summed E-state index contributed by atoms with van der Waals surface area (Å²) in [5.41, 5.74) is -3.56. The first-order chi connectivity index (χ1) is 12.8. The number of ketones is 1. The van der Waals surface area contributed by atoms with Crippen molar-refractivity contribution in [3.63, 3.8) is 0 Å². The second-order valence-electron chi connectivity index (χ2n) is 9.53. The fraction of sp³-hybridized carbons (Fsp3) is 0.850. The minimum Gasteiger partial charge on any atom is -0.390 e. The van der Waals surface area contributed by atoms with Crippen LogP contribution in [0.1, 0.15) is 66.7 Å². The number of hydrogen-bond donors (Lipinski definition) is 2. The van der Waals surface area contributed by atoms with Gasteiger partial charge in [0.15, 0.2) is 11.3 Å². The summed E-state index contributed by atoms with van der Waals surface area (Å²) in [6.45, 7) is 8.48. The third kappa shape index (κ3) is 4.39. The predicted octanol–water partition coefficient (Wildman–Crippen LogP) is 3.03. The topological polar surface area (TPSA) is 126 Å². The zero-order valence-electron chi connectivity index (χ0n) is 17.4. The molecule has 0 aromatic heterocycles. The molecule has 0 aromatic rings. The van der Waals surface area contributed by atoms with Crippen molar-refractivity contribution in [3.8, 4) is 0 Å². The van der Waals surface area contributed by atoms with Gasteiger partial charge in [-0.1, -0.05) is 10.4 Å². The van der Waals surface area contributed by atoms with Gasteiger partial charge in [-0.25, -0.2) is 0 Å². The van der Waals surface area contributed by atoms with Crippen LogP contribution < -0.4 is 0 Å². The van der Waals surface area contributed by atoms with Gasteiger partial charge in [-0.3, -0.25) is 4.79 Å². The fourth-order valence-electron chi connectivity index (χ4n) is 3.93. The molecule has 0 heterocycles. The van der Waals surface area contributed by atoms with Crippen LogP contribution in [0.2, 0.25) is 0 Å². The average molecular weight is 396 g/mol. The van der Waals surface area contributed by atoms with Crippen LogP contribution in [0.4, 0.5) is 0 Å². The highest BCUT2D eigenvalue weighted by Gasteiger charge is 2.47. The molecule has 1 fully saturated rings. The minimum absolute atomic E-state index is 0.0996. The van der Waals surface area contributed by atoms with Crippen molar-refractivity contribution in [3.05, 3.63) is 21.5 Å². The number of aliphatic hydroxyl groups is 2. The molecule has 28 heavy (non-hydrogen) atoms. The average Bonchev–Trinajstić information content (AvgIpc) is 2.64. The van der Waals surface area contributed by atoms with Crippen LogP contribution in [-0.2, 0) is 9.53 Å². The lowest BCUT2D eigenvalue weighted by atomic mass is 9.70. The molecular weight excluding hydrogens is 364 g/mol. The maximum absolute atomic E-state index is 12.2. The number of ether oxygens (including phenoxy) is 1. The highest BCUT2D eigenvalue weighted by atomic mass is 16.5. The Bertz CT molecular complexity index is 674. The van der Waals surface area contributed by atoms with Gasteiger partial charge < -0.3 is 14.9 Å². The SMILES string of the molecule is CC1(N=O)CCC(C(C)(C)OCC2(O)CCC(C(C)(C)N=O)CC2O)=CC1=O. The Morgan fingerprint density at radius 3 is 2.39 bits per heavy atom. The van der Waals surface area contributed by atoms with E-state index in [1.54, 1.807) is 27.7 Å². The first-order valence-corrected chi connectivity index (χ1v) is 9.78. The van der Waals surface area contributed by atoms with Gasteiger partial charge in [0.2, 0.25) is 0 Å². The zero-order chi connectivity index (χ0) is 21.4. The number of rotatable bonds is 7. The molecule has 4 atom stereocenters. The number of nitroso groups, excluding NO2 is 2. The van der Waals surface area contributed by atoms with E-state index >= 15 is 0 Å². The third-order valence-corrected chi connectivity index (χ3v) is 6.66. The maximum atomic E-state index is 12.2.